The molecule has 0 aromatic heterocycles. The third kappa shape index (κ3) is 5.53. The molecule has 1 saturated heterocycles. The second-order valence-electron chi connectivity index (χ2n) is 7.13. The molecule has 3 rings (SSSR count). The van der Waals surface area contributed by atoms with Gasteiger partial charge in [0.05, 0.1) is 25.2 Å². The van der Waals surface area contributed by atoms with Gasteiger partial charge >= 0.3 is 0 Å². The van der Waals surface area contributed by atoms with Crippen molar-refractivity contribution in [2.45, 2.75) is 20.3 Å². The zero-order valence-corrected chi connectivity index (χ0v) is 19.4. The van der Waals surface area contributed by atoms with E-state index >= 15 is 0 Å². The number of carbonyl (C=O) groups is 2. The van der Waals surface area contributed by atoms with Gasteiger partial charge in [0, 0.05) is 5.56 Å². The van der Waals surface area contributed by atoms with E-state index in [9.17, 15) is 9.59 Å². The standard InChI is InChI=1S/C25H27NO5S/c1-5-7-19-14-18(15-21(30-6-2)23(19)29-4)16-22-24(27)26(25(28)32-22)12-13-31-20-10-8-17(3)9-11-20/h5,8-11,14-16H,1,6-7,12-13H2,2-4H3/b22-16-. The molecule has 0 bridgehead atoms. The quantitative estimate of drug-likeness (QED) is 0.362. The summed E-state index contributed by atoms with van der Waals surface area (Å²) in [6.07, 6.45) is 4.07. The van der Waals surface area contributed by atoms with Gasteiger partial charge in [-0.05, 0) is 67.9 Å². The first kappa shape index (κ1) is 23.5. The van der Waals surface area contributed by atoms with Crippen molar-refractivity contribution >= 4 is 29.0 Å². The lowest BCUT2D eigenvalue weighted by Crippen LogP contribution is -2.32. The number of allylic oxidation sites excluding steroid dienone is 1. The van der Waals surface area contributed by atoms with Gasteiger partial charge in [0.25, 0.3) is 11.1 Å². The van der Waals surface area contributed by atoms with E-state index in [2.05, 4.69) is 6.58 Å². The zero-order chi connectivity index (χ0) is 23.1. The van der Waals surface area contributed by atoms with Gasteiger partial charge in [0.1, 0.15) is 12.4 Å². The minimum atomic E-state index is -0.327. The van der Waals surface area contributed by atoms with Crippen LogP contribution in [-0.2, 0) is 11.2 Å². The minimum Gasteiger partial charge on any atom is -0.493 e. The van der Waals surface area contributed by atoms with Gasteiger partial charge in [-0.15, -0.1) is 6.58 Å². The first-order valence-electron chi connectivity index (χ1n) is 10.4. The number of aryl methyl sites for hydroxylation is 1. The molecule has 2 aromatic carbocycles. The summed E-state index contributed by atoms with van der Waals surface area (Å²) in [6.45, 7) is 8.58. The van der Waals surface area contributed by atoms with Crippen molar-refractivity contribution < 1.29 is 23.8 Å². The molecule has 1 aliphatic heterocycles. The van der Waals surface area contributed by atoms with Crippen LogP contribution in [0.15, 0.2) is 54.0 Å². The molecule has 0 spiro atoms. The number of nitrogens with zero attached hydrogens (tertiary/aromatic N) is 1. The summed E-state index contributed by atoms with van der Waals surface area (Å²) >= 11 is 0.924. The molecule has 1 heterocycles. The number of benzene rings is 2. The monoisotopic (exact) mass is 453 g/mol. The van der Waals surface area contributed by atoms with E-state index in [1.807, 2.05) is 50.2 Å². The van der Waals surface area contributed by atoms with Gasteiger partial charge in [-0.2, -0.15) is 0 Å². The largest absolute Gasteiger partial charge is 0.493 e. The first-order valence-corrected chi connectivity index (χ1v) is 11.2. The Labute approximate surface area is 192 Å². The Kier molecular flexibility index (Phi) is 8.00. The van der Waals surface area contributed by atoms with Crippen LogP contribution in [0, 0.1) is 6.92 Å². The van der Waals surface area contributed by atoms with Gasteiger partial charge in [-0.3, -0.25) is 14.5 Å². The molecular formula is C25H27NO5S. The van der Waals surface area contributed by atoms with Crippen LogP contribution in [0.5, 0.6) is 17.2 Å². The predicted molar refractivity (Wildman–Crippen MR) is 127 cm³/mol. The smallest absolute Gasteiger partial charge is 0.293 e. The minimum absolute atomic E-state index is 0.185. The summed E-state index contributed by atoms with van der Waals surface area (Å²) < 4.78 is 16.9. The van der Waals surface area contributed by atoms with Gasteiger partial charge in [-0.1, -0.05) is 23.8 Å². The molecular weight excluding hydrogens is 426 g/mol. The van der Waals surface area contributed by atoms with E-state index in [-0.39, 0.29) is 24.3 Å². The predicted octanol–water partition coefficient (Wildman–Crippen LogP) is 5.25. The summed E-state index contributed by atoms with van der Waals surface area (Å²) in [5, 5.41) is -0.307. The van der Waals surface area contributed by atoms with E-state index in [4.69, 9.17) is 14.2 Å². The van der Waals surface area contributed by atoms with Crippen molar-refractivity contribution in [2.75, 3.05) is 26.9 Å². The molecule has 6 nitrogen and oxygen atoms in total. The zero-order valence-electron chi connectivity index (χ0n) is 18.6. The van der Waals surface area contributed by atoms with E-state index in [0.717, 1.165) is 28.5 Å². The second kappa shape index (κ2) is 10.9. The van der Waals surface area contributed by atoms with Crippen LogP contribution in [0.4, 0.5) is 4.79 Å². The summed E-state index contributed by atoms with van der Waals surface area (Å²) in [7, 11) is 1.59. The molecule has 7 heteroatoms. The number of imide groups is 1. The SMILES string of the molecule is C=CCc1cc(/C=C2\SC(=O)N(CCOc3ccc(C)cc3)C2=O)cc(OCC)c1OC. The fraction of sp³-hybridized carbons (Fsp3) is 0.280. The lowest BCUT2D eigenvalue weighted by Gasteiger charge is -2.15. The Morgan fingerprint density at radius 1 is 1.12 bits per heavy atom. The number of amides is 2. The average Bonchev–Trinajstić information content (AvgIpc) is 3.03. The maximum Gasteiger partial charge on any atom is 0.293 e. The Morgan fingerprint density at radius 3 is 2.53 bits per heavy atom. The van der Waals surface area contributed by atoms with Gasteiger partial charge in [-0.25, -0.2) is 0 Å². The average molecular weight is 454 g/mol. The molecule has 0 unspecified atom stereocenters. The molecule has 1 fully saturated rings. The molecule has 2 aromatic rings. The molecule has 1 aliphatic rings. The molecule has 168 valence electrons. The molecule has 32 heavy (non-hydrogen) atoms. The third-order valence-corrected chi connectivity index (χ3v) is 5.71. The molecule has 0 atom stereocenters. The fourth-order valence-corrected chi connectivity index (χ4v) is 4.17. The number of hydrogen-bond acceptors (Lipinski definition) is 6. The van der Waals surface area contributed by atoms with Crippen molar-refractivity contribution in [1.29, 1.82) is 0 Å². The third-order valence-electron chi connectivity index (χ3n) is 4.80. The highest BCUT2D eigenvalue weighted by Crippen LogP contribution is 2.37. The van der Waals surface area contributed by atoms with Crippen molar-refractivity contribution in [3.63, 3.8) is 0 Å². The number of hydrogen-bond donors (Lipinski definition) is 0. The Hall–Kier alpha value is -3.19. The second-order valence-corrected chi connectivity index (χ2v) is 8.13. The fourth-order valence-electron chi connectivity index (χ4n) is 3.30. The number of ether oxygens (including phenoxy) is 3. The molecule has 0 N–H and O–H groups in total. The highest BCUT2D eigenvalue weighted by atomic mass is 32.2. The van der Waals surface area contributed by atoms with E-state index in [1.54, 1.807) is 19.3 Å². The van der Waals surface area contributed by atoms with E-state index in [1.165, 1.54) is 4.90 Å². The maximum absolute atomic E-state index is 12.8. The van der Waals surface area contributed by atoms with Crippen LogP contribution in [0.1, 0.15) is 23.6 Å². The van der Waals surface area contributed by atoms with E-state index in [0.29, 0.717) is 35.2 Å². The Bertz CT molecular complexity index is 1030. The lowest BCUT2D eigenvalue weighted by atomic mass is 10.0. The van der Waals surface area contributed by atoms with Crippen LogP contribution in [0.3, 0.4) is 0 Å². The summed E-state index contributed by atoms with van der Waals surface area (Å²) in [5.41, 5.74) is 2.79. The van der Waals surface area contributed by atoms with Crippen molar-refractivity contribution in [1.82, 2.24) is 4.90 Å². The van der Waals surface area contributed by atoms with Crippen LogP contribution in [-0.4, -0.2) is 42.9 Å². The summed E-state index contributed by atoms with van der Waals surface area (Å²) in [6, 6.07) is 11.3. The number of carbonyl (C=O) groups excluding carboxylic acids is 2. The van der Waals surface area contributed by atoms with Crippen molar-refractivity contribution in [3.8, 4) is 17.2 Å². The van der Waals surface area contributed by atoms with Crippen LogP contribution in [0.2, 0.25) is 0 Å². The number of thioether (sulfide) groups is 1. The number of rotatable bonds is 10. The van der Waals surface area contributed by atoms with Crippen LogP contribution in [0.25, 0.3) is 6.08 Å². The summed E-state index contributed by atoms with van der Waals surface area (Å²) in [4.78, 5) is 26.8. The lowest BCUT2D eigenvalue weighted by molar-refractivity contribution is -0.123. The topological polar surface area (TPSA) is 65.1 Å². The maximum atomic E-state index is 12.8. The Morgan fingerprint density at radius 2 is 1.88 bits per heavy atom. The Balaban J connectivity index is 1.75. The van der Waals surface area contributed by atoms with Crippen LogP contribution >= 0.6 is 11.8 Å². The van der Waals surface area contributed by atoms with Crippen molar-refractivity contribution in [2.24, 2.45) is 0 Å². The highest BCUT2D eigenvalue weighted by Gasteiger charge is 2.34. The first-order chi connectivity index (χ1) is 15.5. The highest BCUT2D eigenvalue weighted by molar-refractivity contribution is 8.18. The summed E-state index contributed by atoms with van der Waals surface area (Å²) in [5.74, 6) is 1.61. The van der Waals surface area contributed by atoms with Crippen molar-refractivity contribution in [3.05, 3.63) is 70.6 Å². The molecule has 0 aliphatic carbocycles. The van der Waals surface area contributed by atoms with Gasteiger partial charge < -0.3 is 14.2 Å². The molecule has 2 amide bonds. The molecule has 0 radical (unpaired) electrons. The normalized spacial score (nSPS) is 14.7. The molecule has 0 saturated carbocycles. The van der Waals surface area contributed by atoms with Gasteiger partial charge in [0.15, 0.2) is 11.5 Å². The van der Waals surface area contributed by atoms with Gasteiger partial charge in [0.2, 0.25) is 0 Å². The number of methoxy groups -OCH3 is 1. The van der Waals surface area contributed by atoms with Crippen LogP contribution < -0.4 is 14.2 Å². The van der Waals surface area contributed by atoms with E-state index < -0.39 is 0 Å².